The topological polar surface area (TPSA) is 115 Å². The number of anilines is 1. The molecule has 0 unspecified atom stereocenters. The minimum atomic E-state index is -1.16. The second-order valence-corrected chi connectivity index (χ2v) is 3.84. The summed E-state index contributed by atoms with van der Waals surface area (Å²) in [5.74, 6) is -0.944. The molecule has 8 nitrogen and oxygen atoms in total. The molecule has 0 aromatic carbocycles. The Morgan fingerprint density at radius 2 is 2.30 bits per heavy atom. The van der Waals surface area contributed by atoms with Crippen molar-refractivity contribution >= 4 is 17.6 Å². The molecule has 0 bridgehead atoms. The highest BCUT2D eigenvalue weighted by Crippen LogP contribution is 2.13. The molecule has 0 spiro atoms. The second-order valence-electron chi connectivity index (χ2n) is 3.84. The van der Waals surface area contributed by atoms with Gasteiger partial charge in [0.2, 0.25) is 0 Å². The average molecular weight is 277 g/mol. The van der Waals surface area contributed by atoms with Gasteiger partial charge in [0.25, 0.3) is 11.8 Å². The highest BCUT2D eigenvalue weighted by Gasteiger charge is 2.13. The number of carboxylic acid groups (broad SMARTS) is 1. The zero-order valence-corrected chi connectivity index (χ0v) is 10.5. The van der Waals surface area contributed by atoms with Gasteiger partial charge >= 0.3 is 5.97 Å². The van der Waals surface area contributed by atoms with Crippen LogP contribution in [0.25, 0.3) is 0 Å². The largest absolute Gasteiger partial charge is 0.478 e. The summed E-state index contributed by atoms with van der Waals surface area (Å²) in [7, 11) is 0. The monoisotopic (exact) mass is 277 g/mol. The van der Waals surface area contributed by atoms with Crippen LogP contribution in [0.15, 0.2) is 29.0 Å². The maximum atomic E-state index is 11.7. The number of rotatable bonds is 5. The summed E-state index contributed by atoms with van der Waals surface area (Å²) in [6.07, 6.45) is 2.58. The van der Waals surface area contributed by atoms with E-state index in [4.69, 9.17) is 14.4 Å². The van der Waals surface area contributed by atoms with Crippen molar-refractivity contribution < 1.29 is 24.0 Å². The summed E-state index contributed by atoms with van der Waals surface area (Å²) in [4.78, 5) is 26.4. The molecular formula is C12H11N3O5. The van der Waals surface area contributed by atoms with Crippen LogP contribution < -0.4 is 10.1 Å². The van der Waals surface area contributed by atoms with E-state index in [1.165, 1.54) is 24.5 Å². The van der Waals surface area contributed by atoms with Crippen molar-refractivity contribution in [2.24, 2.45) is 0 Å². The van der Waals surface area contributed by atoms with Crippen molar-refractivity contribution in [2.75, 3.05) is 11.9 Å². The first-order chi connectivity index (χ1) is 9.56. The van der Waals surface area contributed by atoms with Crippen LogP contribution in [0.3, 0.4) is 0 Å². The third-order valence-electron chi connectivity index (χ3n) is 2.28. The van der Waals surface area contributed by atoms with E-state index >= 15 is 0 Å². The summed E-state index contributed by atoms with van der Waals surface area (Å²) in [6.45, 7) is 1.37. The predicted molar refractivity (Wildman–Crippen MR) is 66.6 cm³/mol. The minimum absolute atomic E-state index is 0.0503. The second kappa shape index (κ2) is 5.83. The highest BCUT2D eigenvalue weighted by molar-refractivity contribution is 6.00. The van der Waals surface area contributed by atoms with Crippen LogP contribution >= 0.6 is 0 Å². The number of carboxylic acids is 1. The van der Waals surface area contributed by atoms with Crippen molar-refractivity contribution in [3.05, 3.63) is 35.9 Å². The number of nitrogens with one attached hydrogen (secondary N) is 1. The number of carbonyl (C=O) groups is 2. The third-order valence-corrected chi connectivity index (χ3v) is 2.28. The number of nitrogens with zero attached hydrogens (tertiary/aromatic N) is 2. The fourth-order valence-corrected chi connectivity index (χ4v) is 1.42. The molecule has 0 fully saturated rings. The van der Waals surface area contributed by atoms with Gasteiger partial charge in [0.15, 0.2) is 6.61 Å². The minimum Gasteiger partial charge on any atom is -0.478 e. The molecule has 0 aliphatic heterocycles. The predicted octanol–water partition coefficient (Wildman–Crippen LogP) is 1.09. The first-order valence-corrected chi connectivity index (χ1v) is 5.59. The van der Waals surface area contributed by atoms with Crippen molar-refractivity contribution in [3.63, 3.8) is 0 Å². The number of carbonyl (C=O) groups excluding carboxylic acids is 1. The number of aromatic carboxylic acids is 1. The molecule has 2 rings (SSSR count). The Morgan fingerprint density at radius 3 is 2.95 bits per heavy atom. The van der Waals surface area contributed by atoms with Gasteiger partial charge in [-0.25, -0.2) is 4.79 Å². The smallest absolute Gasteiger partial charge is 0.337 e. The van der Waals surface area contributed by atoms with Crippen LogP contribution in [0, 0.1) is 6.92 Å². The molecule has 2 N–H and O–H groups in total. The van der Waals surface area contributed by atoms with Gasteiger partial charge in [0.1, 0.15) is 5.76 Å². The van der Waals surface area contributed by atoms with Crippen LogP contribution in [0.5, 0.6) is 5.88 Å². The number of pyridine rings is 1. The molecule has 0 saturated heterocycles. The van der Waals surface area contributed by atoms with E-state index in [1.807, 2.05) is 0 Å². The number of amides is 1. The maximum absolute atomic E-state index is 11.7. The lowest BCUT2D eigenvalue weighted by Gasteiger charge is -2.07. The molecule has 0 saturated carbocycles. The van der Waals surface area contributed by atoms with E-state index in [0.717, 1.165) is 0 Å². The standard InChI is InChI=1S/C12H11N3O5/c1-7-4-11(15-20-7)19-6-10(16)14-9-5-13-3-2-8(9)12(17)18/h2-5H,6H2,1H3,(H,14,16)(H,17,18). The van der Waals surface area contributed by atoms with E-state index in [1.54, 1.807) is 6.92 Å². The van der Waals surface area contributed by atoms with Gasteiger partial charge in [0.05, 0.1) is 17.4 Å². The van der Waals surface area contributed by atoms with Crippen LogP contribution in [0.2, 0.25) is 0 Å². The van der Waals surface area contributed by atoms with Crippen LogP contribution in [0.1, 0.15) is 16.1 Å². The average Bonchev–Trinajstić information content (AvgIpc) is 2.83. The summed E-state index contributed by atoms with van der Waals surface area (Å²) in [6, 6.07) is 2.82. The van der Waals surface area contributed by atoms with Crippen LogP contribution in [-0.4, -0.2) is 33.7 Å². The third kappa shape index (κ3) is 3.31. The van der Waals surface area contributed by atoms with Gasteiger partial charge in [-0.1, -0.05) is 0 Å². The molecular weight excluding hydrogens is 266 g/mol. The lowest BCUT2D eigenvalue weighted by Crippen LogP contribution is -2.21. The van der Waals surface area contributed by atoms with Crippen LogP contribution in [-0.2, 0) is 4.79 Å². The first-order valence-electron chi connectivity index (χ1n) is 5.59. The molecule has 0 radical (unpaired) electrons. The van der Waals surface area contributed by atoms with Gasteiger partial charge in [-0.05, 0) is 18.1 Å². The quantitative estimate of drug-likeness (QED) is 0.840. The highest BCUT2D eigenvalue weighted by atomic mass is 16.5. The van der Waals surface area contributed by atoms with Gasteiger partial charge in [-0.3, -0.25) is 9.78 Å². The summed E-state index contributed by atoms with van der Waals surface area (Å²) >= 11 is 0. The summed E-state index contributed by atoms with van der Waals surface area (Å²) in [5, 5.41) is 14.9. The Balaban J connectivity index is 1.96. The molecule has 0 atom stereocenters. The zero-order valence-electron chi connectivity index (χ0n) is 10.5. The van der Waals surface area contributed by atoms with E-state index in [-0.39, 0.29) is 23.7 Å². The lowest BCUT2D eigenvalue weighted by molar-refractivity contribution is -0.118. The van der Waals surface area contributed by atoms with Crippen LogP contribution in [0.4, 0.5) is 5.69 Å². The zero-order chi connectivity index (χ0) is 14.5. The van der Waals surface area contributed by atoms with E-state index < -0.39 is 11.9 Å². The Hall–Kier alpha value is -2.90. The molecule has 2 aromatic rings. The van der Waals surface area contributed by atoms with Crippen molar-refractivity contribution in [1.29, 1.82) is 0 Å². The number of aryl methyl sites for hydroxylation is 1. The van der Waals surface area contributed by atoms with E-state index in [2.05, 4.69) is 15.5 Å². The van der Waals surface area contributed by atoms with Crippen molar-refractivity contribution in [2.45, 2.75) is 6.92 Å². The van der Waals surface area contributed by atoms with Gasteiger partial charge < -0.3 is 19.7 Å². The Labute approximate surface area is 113 Å². The number of aromatic nitrogens is 2. The van der Waals surface area contributed by atoms with E-state index in [9.17, 15) is 9.59 Å². The molecule has 0 aliphatic carbocycles. The molecule has 2 aromatic heterocycles. The van der Waals surface area contributed by atoms with E-state index in [0.29, 0.717) is 5.76 Å². The van der Waals surface area contributed by atoms with Gasteiger partial charge in [0, 0.05) is 12.3 Å². The van der Waals surface area contributed by atoms with Gasteiger partial charge in [-0.15, -0.1) is 0 Å². The normalized spacial score (nSPS) is 10.1. The molecule has 0 aliphatic rings. The SMILES string of the molecule is Cc1cc(OCC(=O)Nc2cnccc2C(=O)O)no1. The Morgan fingerprint density at radius 1 is 1.50 bits per heavy atom. The summed E-state index contributed by atoms with van der Waals surface area (Å²) in [5.41, 5.74) is 0.0514. The summed E-state index contributed by atoms with van der Waals surface area (Å²) < 4.78 is 9.85. The number of hydrogen-bond acceptors (Lipinski definition) is 6. The number of hydrogen-bond donors (Lipinski definition) is 2. The van der Waals surface area contributed by atoms with Crippen molar-refractivity contribution in [3.8, 4) is 5.88 Å². The molecule has 1 amide bonds. The Kier molecular flexibility index (Phi) is 3.94. The van der Waals surface area contributed by atoms with Gasteiger partial charge in [-0.2, -0.15) is 0 Å². The maximum Gasteiger partial charge on any atom is 0.337 e. The fraction of sp³-hybridized carbons (Fsp3) is 0.167. The molecule has 2 heterocycles. The Bertz CT molecular complexity index is 638. The number of ether oxygens (including phenoxy) is 1. The lowest BCUT2D eigenvalue weighted by atomic mass is 10.2. The molecule has 20 heavy (non-hydrogen) atoms. The fourth-order valence-electron chi connectivity index (χ4n) is 1.42. The van der Waals surface area contributed by atoms with Crippen molar-refractivity contribution in [1.82, 2.24) is 10.1 Å². The molecule has 8 heteroatoms. The first kappa shape index (κ1) is 13.5. The molecule has 104 valence electrons.